The van der Waals surface area contributed by atoms with Crippen LogP contribution in [-0.2, 0) is 0 Å². The molecule has 2 aromatic carbocycles. The SMILES string of the molecule is O=C1C[C@](O)(C(F)F)Oc2ccc3ccccc3c21. The molecule has 5 heteroatoms. The van der Waals surface area contributed by atoms with Crippen LogP contribution in [0.3, 0.4) is 0 Å². The predicted octanol–water partition coefficient (Wildman–Crippen LogP) is 2.76. The molecule has 1 heterocycles. The van der Waals surface area contributed by atoms with Crippen molar-refractivity contribution in [1.29, 1.82) is 0 Å². The maximum Gasteiger partial charge on any atom is 0.302 e. The Kier molecular flexibility index (Phi) is 2.53. The fourth-order valence-electron chi connectivity index (χ4n) is 2.29. The molecule has 0 saturated heterocycles. The molecule has 1 N–H and O–H groups in total. The van der Waals surface area contributed by atoms with Crippen LogP contribution in [0.4, 0.5) is 8.78 Å². The molecule has 1 aliphatic rings. The third-order valence-corrected chi connectivity index (χ3v) is 3.21. The lowest BCUT2D eigenvalue weighted by atomic mass is 9.93. The second-order valence-corrected chi connectivity index (χ2v) is 4.51. The number of alkyl halides is 2. The zero-order valence-electron chi connectivity index (χ0n) is 9.77. The molecule has 2 aromatic rings. The van der Waals surface area contributed by atoms with E-state index < -0.39 is 24.4 Å². The summed E-state index contributed by atoms with van der Waals surface area (Å²) in [6.07, 6.45) is -3.89. The maximum absolute atomic E-state index is 12.8. The summed E-state index contributed by atoms with van der Waals surface area (Å²) in [5.41, 5.74) is 0.253. The largest absolute Gasteiger partial charge is 0.455 e. The van der Waals surface area contributed by atoms with Gasteiger partial charge >= 0.3 is 6.43 Å². The molecule has 0 radical (unpaired) electrons. The van der Waals surface area contributed by atoms with Gasteiger partial charge in [-0.3, -0.25) is 4.79 Å². The number of benzene rings is 2. The second kappa shape index (κ2) is 3.99. The highest BCUT2D eigenvalue weighted by Gasteiger charge is 2.47. The van der Waals surface area contributed by atoms with E-state index in [1.807, 2.05) is 12.1 Å². The molecule has 0 saturated carbocycles. The number of hydrogen-bond acceptors (Lipinski definition) is 3. The van der Waals surface area contributed by atoms with Crippen LogP contribution in [0.2, 0.25) is 0 Å². The summed E-state index contributed by atoms with van der Waals surface area (Å²) in [6.45, 7) is 0. The van der Waals surface area contributed by atoms with Crippen molar-refractivity contribution in [3.63, 3.8) is 0 Å². The van der Waals surface area contributed by atoms with Gasteiger partial charge in [-0.25, -0.2) is 8.78 Å². The van der Waals surface area contributed by atoms with Crippen LogP contribution in [-0.4, -0.2) is 23.1 Å². The highest BCUT2D eigenvalue weighted by Crippen LogP contribution is 2.38. The van der Waals surface area contributed by atoms with Gasteiger partial charge in [0.2, 0.25) is 0 Å². The zero-order chi connectivity index (χ0) is 13.6. The van der Waals surface area contributed by atoms with E-state index in [1.54, 1.807) is 18.2 Å². The van der Waals surface area contributed by atoms with Gasteiger partial charge in [0.15, 0.2) is 5.78 Å². The van der Waals surface area contributed by atoms with Crippen LogP contribution in [0.1, 0.15) is 16.8 Å². The van der Waals surface area contributed by atoms with Gasteiger partial charge in [-0.05, 0) is 16.8 Å². The zero-order valence-corrected chi connectivity index (χ0v) is 9.77. The Morgan fingerprint density at radius 1 is 1.21 bits per heavy atom. The maximum atomic E-state index is 12.8. The fraction of sp³-hybridized carbons (Fsp3) is 0.214. The summed E-state index contributed by atoms with van der Waals surface area (Å²) in [5.74, 6) is -3.27. The topological polar surface area (TPSA) is 46.5 Å². The molecule has 0 amide bonds. The number of ketones is 1. The van der Waals surface area contributed by atoms with Gasteiger partial charge in [0.1, 0.15) is 5.75 Å². The molecule has 0 spiro atoms. The van der Waals surface area contributed by atoms with Gasteiger partial charge in [-0.15, -0.1) is 0 Å². The Morgan fingerprint density at radius 2 is 1.95 bits per heavy atom. The van der Waals surface area contributed by atoms with Gasteiger partial charge < -0.3 is 9.84 Å². The lowest BCUT2D eigenvalue weighted by Crippen LogP contribution is -2.48. The number of carbonyl (C=O) groups excluding carboxylic acids is 1. The van der Waals surface area contributed by atoms with Crippen molar-refractivity contribution >= 4 is 16.6 Å². The minimum Gasteiger partial charge on any atom is -0.455 e. The van der Waals surface area contributed by atoms with Gasteiger partial charge in [-0.1, -0.05) is 30.3 Å². The van der Waals surface area contributed by atoms with Crippen molar-refractivity contribution in [1.82, 2.24) is 0 Å². The molecule has 19 heavy (non-hydrogen) atoms. The number of ether oxygens (including phenoxy) is 1. The minimum absolute atomic E-state index is 0.00208. The number of fused-ring (bicyclic) bond motifs is 3. The molecule has 3 rings (SSSR count). The highest BCUT2D eigenvalue weighted by atomic mass is 19.3. The Morgan fingerprint density at radius 3 is 2.68 bits per heavy atom. The summed E-state index contributed by atoms with van der Waals surface area (Å²) >= 11 is 0. The Hall–Kier alpha value is -2.01. The van der Waals surface area contributed by atoms with Gasteiger partial charge in [-0.2, -0.15) is 0 Å². The van der Waals surface area contributed by atoms with Crippen molar-refractivity contribution in [2.24, 2.45) is 0 Å². The van der Waals surface area contributed by atoms with E-state index in [2.05, 4.69) is 0 Å². The first-order valence-corrected chi connectivity index (χ1v) is 5.76. The van der Waals surface area contributed by atoms with Crippen molar-refractivity contribution < 1.29 is 23.4 Å². The molecule has 0 bridgehead atoms. The summed E-state index contributed by atoms with van der Waals surface area (Å²) in [5, 5.41) is 11.1. The smallest absolute Gasteiger partial charge is 0.302 e. The summed E-state index contributed by atoms with van der Waals surface area (Å²) in [7, 11) is 0. The molecular formula is C14H10F2O3. The Labute approximate surface area is 107 Å². The van der Waals surface area contributed by atoms with Gasteiger partial charge in [0.25, 0.3) is 5.79 Å². The molecular weight excluding hydrogens is 254 g/mol. The molecule has 0 aliphatic carbocycles. The fourth-order valence-corrected chi connectivity index (χ4v) is 2.29. The van der Waals surface area contributed by atoms with Gasteiger partial charge in [0, 0.05) is 0 Å². The van der Waals surface area contributed by atoms with Crippen LogP contribution < -0.4 is 4.74 Å². The third kappa shape index (κ3) is 1.77. The number of Topliss-reactive ketones (excluding diaryl/α,β-unsaturated/α-hetero) is 1. The van der Waals surface area contributed by atoms with Crippen LogP contribution >= 0.6 is 0 Å². The van der Waals surface area contributed by atoms with E-state index in [-0.39, 0.29) is 11.3 Å². The number of hydrogen-bond donors (Lipinski definition) is 1. The van der Waals surface area contributed by atoms with Crippen molar-refractivity contribution in [3.05, 3.63) is 42.0 Å². The number of halogens is 2. The van der Waals surface area contributed by atoms with E-state index in [0.29, 0.717) is 5.39 Å². The van der Waals surface area contributed by atoms with Crippen LogP contribution in [0.5, 0.6) is 5.75 Å². The molecule has 1 aliphatic heterocycles. The first-order valence-electron chi connectivity index (χ1n) is 5.76. The first-order chi connectivity index (χ1) is 9.01. The van der Waals surface area contributed by atoms with Gasteiger partial charge in [0.05, 0.1) is 12.0 Å². The molecule has 0 aromatic heterocycles. The molecule has 0 fully saturated rings. The minimum atomic E-state index is -3.14. The van der Waals surface area contributed by atoms with Crippen LogP contribution in [0.25, 0.3) is 10.8 Å². The summed E-state index contributed by atoms with van der Waals surface area (Å²) in [6, 6.07) is 10.2. The highest BCUT2D eigenvalue weighted by molar-refractivity contribution is 6.11. The summed E-state index contributed by atoms with van der Waals surface area (Å²) < 4.78 is 30.5. The second-order valence-electron chi connectivity index (χ2n) is 4.51. The van der Waals surface area contributed by atoms with Crippen LogP contribution in [0, 0.1) is 0 Å². The molecule has 0 unspecified atom stereocenters. The van der Waals surface area contributed by atoms with E-state index >= 15 is 0 Å². The average Bonchev–Trinajstić information content (AvgIpc) is 2.37. The molecule has 1 atom stereocenters. The first kappa shape index (κ1) is 12.0. The Balaban J connectivity index is 2.21. The quantitative estimate of drug-likeness (QED) is 0.861. The van der Waals surface area contributed by atoms with Crippen molar-refractivity contribution in [2.45, 2.75) is 18.6 Å². The lowest BCUT2D eigenvalue weighted by molar-refractivity contribution is -0.219. The standard InChI is InChI=1S/C14H10F2O3/c15-13(16)14(18)7-10(17)12-9-4-2-1-3-8(9)5-6-11(12)19-14/h1-6,13,18H,7H2/t14-/m1/s1. The third-order valence-electron chi connectivity index (χ3n) is 3.21. The Bertz CT molecular complexity index is 669. The average molecular weight is 264 g/mol. The lowest BCUT2D eigenvalue weighted by Gasteiger charge is -2.32. The summed E-state index contributed by atoms with van der Waals surface area (Å²) in [4.78, 5) is 12.0. The van der Waals surface area contributed by atoms with Crippen molar-refractivity contribution in [2.75, 3.05) is 0 Å². The van der Waals surface area contributed by atoms with E-state index in [4.69, 9.17) is 4.74 Å². The van der Waals surface area contributed by atoms with E-state index in [0.717, 1.165) is 5.39 Å². The van der Waals surface area contributed by atoms with E-state index in [1.165, 1.54) is 6.07 Å². The predicted molar refractivity (Wildman–Crippen MR) is 64.5 cm³/mol. The number of aliphatic hydroxyl groups is 1. The monoisotopic (exact) mass is 264 g/mol. The number of carbonyl (C=O) groups is 1. The number of rotatable bonds is 1. The van der Waals surface area contributed by atoms with E-state index in [9.17, 15) is 18.7 Å². The normalized spacial score (nSPS) is 22.4. The molecule has 3 nitrogen and oxygen atoms in total. The molecule has 98 valence electrons. The van der Waals surface area contributed by atoms with Crippen molar-refractivity contribution in [3.8, 4) is 5.75 Å². The van der Waals surface area contributed by atoms with Crippen LogP contribution in [0.15, 0.2) is 36.4 Å².